The Hall–Kier alpha value is -12.9. The molecule has 4 saturated heterocycles. The van der Waals surface area contributed by atoms with Crippen LogP contribution in [0.1, 0.15) is 188 Å². The molecule has 0 atom stereocenters. The Kier molecular flexibility index (Phi) is 25.9. The maximum atomic E-state index is 14.1. The number of fused-ring (bicyclic) bond motifs is 5. The van der Waals surface area contributed by atoms with Crippen LogP contribution >= 0.6 is 11.6 Å². The number of aromatic amines is 1. The van der Waals surface area contributed by atoms with Crippen molar-refractivity contribution in [2.24, 2.45) is 5.41 Å². The van der Waals surface area contributed by atoms with Crippen molar-refractivity contribution in [3.63, 3.8) is 0 Å². The lowest BCUT2D eigenvalue weighted by Crippen LogP contribution is -2.43. The van der Waals surface area contributed by atoms with Gasteiger partial charge in [-0.3, -0.25) is 52.8 Å². The number of carbonyl (C=O) groups is 7. The molecule has 17 rings (SSSR count). The highest BCUT2D eigenvalue weighted by molar-refractivity contribution is 6.33. The number of halogens is 4. The lowest BCUT2D eigenvalue weighted by Gasteiger charge is -2.34. The first-order valence-corrected chi connectivity index (χ1v) is 42.2. The Morgan fingerprint density at radius 3 is 1.28 bits per heavy atom. The standard InChI is InChI=1S/C28H34FN5O3.C25H30FN5O2.C21H20FN5O.C18H18ClN5O/c1-27(2,3)26(37)31-13-12-30-24(35)19-5-7-22(8-6-19)34-14-9-20-17-21(18-32-23(20)34)25(36)33-15-10-28(4,29)11-16-33;1-4-20(5-2)29-23(32)18-13-21(16-27-14-18)31-9-6-17-12-19(15-28-22(17)31)24(33)30-10-7-25(3,26)8-11-30;1-21(22)5-8-26(9-6-21)20(28)16-10-14-4-7-27(19(14)23-12-16)17-2-3-18-15(11-17)13-24-25-18;19-15-9-14(11-21-16(15)20)24-7-4-12-8-13(10-22-17(12)24)18(25)23-5-2-1-3-6-23/h5-9,14,17-18H,10-13,15-16H2,1-4H3,(H,30,35)(H,31,37);6,9,12-16,20H,4-5,7-8,10-11H2,1-3H3,(H,29,32);2-4,7,10-13H,5-6,8-9H2,1H3,(H,24,25);4,7-11H,1-3,5-6H2,(H2,20,21). The third-order valence-electron chi connectivity index (χ3n) is 23.2. The van der Waals surface area contributed by atoms with Gasteiger partial charge in [0.1, 0.15) is 45.4 Å². The smallest absolute Gasteiger partial charge is 0.255 e. The maximum absolute atomic E-state index is 14.1. The molecule has 31 heteroatoms. The van der Waals surface area contributed by atoms with Gasteiger partial charge < -0.3 is 50.4 Å². The zero-order valence-corrected chi connectivity index (χ0v) is 71.1. The summed E-state index contributed by atoms with van der Waals surface area (Å²) in [5.41, 5.74) is 11.9. The Morgan fingerprint density at radius 1 is 0.439 bits per heavy atom. The molecular weight excluding hydrogens is 1590 g/mol. The lowest BCUT2D eigenvalue weighted by molar-refractivity contribution is -0.128. The van der Waals surface area contributed by atoms with Gasteiger partial charge in [-0.05, 0) is 195 Å². The van der Waals surface area contributed by atoms with Crippen LogP contribution in [0.25, 0.3) is 77.8 Å². The van der Waals surface area contributed by atoms with Crippen molar-refractivity contribution in [1.82, 2.24) is 93.9 Å². The average Bonchev–Trinajstić information content (AvgIpc) is 1.67. The van der Waals surface area contributed by atoms with Crippen LogP contribution in [0.3, 0.4) is 0 Å². The van der Waals surface area contributed by atoms with Crippen LogP contribution in [-0.2, 0) is 4.79 Å². The molecule has 0 spiro atoms. The van der Waals surface area contributed by atoms with Gasteiger partial charge in [-0.25, -0.2) is 38.1 Å². The third kappa shape index (κ3) is 20.3. The summed E-state index contributed by atoms with van der Waals surface area (Å²) in [6.07, 6.45) is 27.8. The second-order valence-corrected chi connectivity index (χ2v) is 34.1. The Labute approximate surface area is 715 Å². The molecular formula is C92H102ClF3N20O7. The zero-order valence-electron chi connectivity index (χ0n) is 70.3. The number of rotatable bonds is 16. The monoisotopic (exact) mass is 1690 g/mol. The van der Waals surface area contributed by atoms with E-state index in [2.05, 4.69) is 56.1 Å². The Morgan fingerprint density at radius 2 is 0.846 bits per heavy atom. The molecule has 2 aromatic carbocycles. The van der Waals surface area contributed by atoms with Gasteiger partial charge in [-0.15, -0.1) is 0 Å². The minimum Gasteiger partial charge on any atom is -0.382 e. The van der Waals surface area contributed by atoms with E-state index in [1.54, 1.807) is 109 Å². The van der Waals surface area contributed by atoms with Crippen LogP contribution in [0.2, 0.25) is 5.02 Å². The maximum Gasteiger partial charge on any atom is 0.255 e. The first-order valence-electron chi connectivity index (χ1n) is 41.8. The zero-order chi connectivity index (χ0) is 87.1. The fourth-order valence-corrected chi connectivity index (χ4v) is 15.5. The van der Waals surface area contributed by atoms with E-state index >= 15 is 0 Å². The van der Waals surface area contributed by atoms with Gasteiger partial charge in [-0.2, -0.15) is 5.10 Å². The van der Waals surface area contributed by atoms with Crippen molar-refractivity contribution in [3.8, 4) is 22.7 Å². The van der Waals surface area contributed by atoms with E-state index in [0.717, 1.165) is 99.6 Å². The number of benzene rings is 2. The number of aromatic nitrogens is 12. The fraction of sp³-hybridized carbons (Fsp3) is 0.370. The van der Waals surface area contributed by atoms with Crippen molar-refractivity contribution >= 4 is 114 Å². The summed E-state index contributed by atoms with van der Waals surface area (Å²) >= 11 is 6.06. The van der Waals surface area contributed by atoms with E-state index < -0.39 is 22.4 Å². The SMILES string of the molecule is CC1(F)CCN(C(=O)c2cnc3c(ccn3-c3ccc(C(=O)NCCNC(=O)C(C)(C)C)cc3)c2)CC1.CC1(F)CCN(C(=O)c2cnc3c(ccn3-c3ccc4[nH]ncc4c3)c2)CC1.CCC(CC)NC(=O)c1cncc(-n2ccc3cc(C(=O)N4CCC(C)(F)CC4)cnc32)c1.Nc1ncc(-n2ccc3cc(C(=O)N4CCCCC4)cnc32)cc1Cl. The van der Waals surface area contributed by atoms with Crippen LogP contribution in [0, 0.1) is 5.41 Å². The number of H-pyrrole nitrogens is 1. The fourth-order valence-electron chi connectivity index (χ4n) is 15.3. The molecule has 0 aliphatic carbocycles. The van der Waals surface area contributed by atoms with Crippen molar-refractivity contribution in [3.05, 3.63) is 216 Å². The minimum absolute atomic E-state index is 0.0547. The lowest BCUT2D eigenvalue weighted by atomic mass is 9.95. The molecule has 15 heterocycles. The second kappa shape index (κ2) is 36.8. The predicted molar refractivity (Wildman–Crippen MR) is 469 cm³/mol. The second-order valence-electron chi connectivity index (χ2n) is 33.7. The van der Waals surface area contributed by atoms with Gasteiger partial charge in [0, 0.05) is 177 Å². The molecule has 27 nitrogen and oxygen atoms in total. The van der Waals surface area contributed by atoms with Crippen molar-refractivity contribution in [1.29, 1.82) is 0 Å². The van der Waals surface area contributed by atoms with Gasteiger partial charge >= 0.3 is 0 Å². The predicted octanol–water partition coefficient (Wildman–Crippen LogP) is 15.3. The summed E-state index contributed by atoms with van der Waals surface area (Å²) in [6, 6.07) is 31.8. The number of amides is 7. The molecule has 4 aliphatic rings. The van der Waals surface area contributed by atoms with Gasteiger partial charge in [0.25, 0.3) is 35.4 Å². The average molecular weight is 1690 g/mol. The van der Waals surface area contributed by atoms with Crippen molar-refractivity contribution in [2.45, 2.75) is 149 Å². The number of nitrogens with one attached hydrogen (secondary N) is 4. The number of alkyl halides is 3. The van der Waals surface area contributed by atoms with Gasteiger partial charge in [-0.1, -0.05) is 46.2 Å². The number of piperidine rings is 4. The van der Waals surface area contributed by atoms with Gasteiger partial charge in [0.05, 0.1) is 68.3 Å². The Bertz CT molecular complexity index is 6040. The van der Waals surface area contributed by atoms with E-state index in [-0.39, 0.29) is 47.4 Å². The van der Waals surface area contributed by atoms with Gasteiger partial charge in [0.2, 0.25) is 5.91 Å². The van der Waals surface area contributed by atoms with Gasteiger partial charge in [0.15, 0.2) is 0 Å². The van der Waals surface area contributed by atoms with Crippen LogP contribution in [-0.4, -0.2) is 208 Å². The number of hydrogen-bond donors (Lipinski definition) is 5. The number of likely N-dealkylation sites (tertiary alicyclic amines) is 4. The van der Waals surface area contributed by atoms with Crippen LogP contribution in [0.4, 0.5) is 19.0 Å². The molecule has 7 amide bonds. The van der Waals surface area contributed by atoms with Crippen LogP contribution in [0.15, 0.2) is 177 Å². The summed E-state index contributed by atoms with van der Waals surface area (Å²) in [4.78, 5) is 122. The number of anilines is 1. The van der Waals surface area contributed by atoms with E-state index in [1.165, 1.54) is 6.42 Å². The number of nitrogens with zero attached hydrogens (tertiary/aromatic N) is 15. The molecule has 123 heavy (non-hydrogen) atoms. The van der Waals surface area contributed by atoms with E-state index in [4.69, 9.17) is 17.3 Å². The number of nitrogen functional groups attached to an aromatic ring is 1. The Balaban J connectivity index is 0.000000135. The molecule has 0 bridgehead atoms. The van der Waals surface area contributed by atoms with Crippen molar-refractivity contribution in [2.75, 3.05) is 71.2 Å². The first kappa shape index (κ1) is 86.5. The highest BCUT2D eigenvalue weighted by Gasteiger charge is 2.36. The molecule has 4 aliphatic heterocycles. The number of carbonyl (C=O) groups excluding carboxylic acids is 7. The summed E-state index contributed by atoms with van der Waals surface area (Å²) in [6.45, 7) is 19.2. The van der Waals surface area contributed by atoms with Crippen LogP contribution < -0.4 is 21.7 Å². The quantitative estimate of drug-likeness (QED) is 0.0562. The number of hydrogen-bond acceptors (Lipinski definition) is 15. The van der Waals surface area contributed by atoms with E-state index in [9.17, 15) is 46.7 Å². The molecule has 0 radical (unpaired) electrons. The van der Waals surface area contributed by atoms with Crippen LogP contribution in [0.5, 0.6) is 0 Å². The number of pyridine rings is 6. The topological polar surface area (TPSA) is 320 Å². The first-order chi connectivity index (χ1) is 58.9. The summed E-state index contributed by atoms with van der Waals surface area (Å²) in [7, 11) is 0. The molecule has 640 valence electrons. The molecule has 6 N–H and O–H groups in total. The number of nitrogens with two attached hydrogens (primary N) is 1. The molecule has 4 fully saturated rings. The normalized spacial score (nSPS) is 15.7. The third-order valence-corrected chi connectivity index (χ3v) is 23.5. The highest BCUT2D eigenvalue weighted by Crippen LogP contribution is 2.33. The van der Waals surface area contributed by atoms with E-state index in [1.807, 2.05) is 161 Å². The summed E-state index contributed by atoms with van der Waals surface area (Å²) in [5.74, 6) is -0.436. The summed E-state index contributed by atoms with van der Waals surface area (Å²) in [5, 5.41) is 20.5. The molecule has 11 aromatic heterocycles. The van der Waals surface area contributed by atoms with E-state index in [0.29, 0.717) is 152 Å². The molecule has 13 aromatic rings. The highest BCUT2D eigenvalue weighted by atomic mass is 35.5. The summed E-state index contributed by atoms with van der Waals surface area (Å²) < 4.78 is 49.8. The largest absolute Gasteiger partial charge is 0.382 e. The molecule has 0 unspecified atom stereocenters. The van der Waals surface area contributed by atoms with Crippen molar-refractivity contribution < 1.29 is 46.7 Å². The molecule has 0 saturated carbocycles. The minimum atomic E-state index is -1.21.